The Hall–Kier alpha value is -2.23. The summed E-state index contributed by atoms with van der Waals surface area (Å²) in [4.78, 5) is 17.9. The number of carbonyl (C=O) groups excluding carboxylic acids is 1. The lowest BCUT2D eigenvalue weighted by atomic mass is 10.1. The van der Waals surface area contributed by atoms with Crippen LogP contribution in [0.4, 0.5) is 10.1 Å². The van der Waals surface area contributed by atoms with E-state index in [0.29, 0.717) is 29.9 Å². The molecule has 1 aliphatic rings. The first-order valence-corrected chi connectivity index (χ1v) is 5.77. The lowest BCUT2D eigenvalue weighted by Crippen LogP contribution is -2.29. The van der Waals surface area contributed by atoms with Gasteiger partial charge in [-0.05, 0) is 30.7 Å². The maximum Gasteiger partial charge on any atom is 0.276 e. The molecular formula is C14H11FN2O. The highest BCUT2D eigenvalue weighted by molar-refractivity contribution is 6.06. The molecule has 1 amide bonds. The summed E-state index contributed by atoms with van der Waals surface area (Å²) in [5, 5.41) is 0. The fourth-order valence-electron chi connectivity index (χ4n) is 2.23. The number of rotatable bonds is 1. The summed E-state index contributed by atoms with van der Waals surface area (Å²) in [5.74, 6) is -0.427. The van der Waals surface area contributed by atoms with Crippen molar-refractivity contribution < 1.29 is 9.18 Å². The van der Waals surface area contributed by atoms with E-state index in [4.69, 9.17) is 0 Å². The molecule has 0 N–H and O–H groups in total. The number of halogens is 1. The van der Waals surface area contributed by atoms with Gasteiger partial charge in [-0.25, -0.2) is 4.39 Å². The second kappa shape index (κ2) is 4.22. The molecule has 3 rings (SSSR count). The SMILES string of the molecule is O=C(c1ccccn1)N1CCc2c(F)cccc21. The van der Waals surface area contributed by atoms with Gasteiger partial charge >= 0.3 is 0 Å². The molecule has 3 nitrogen and oxygen atoms in total. The molecule has 90 valence electrons. The lowest BCUT2D eigenvalue weighted by Gasteiger charge is -2.16. The van der Waals surface area contributed by atoms with E-state index in [2.05, 4.69) is 4.98 Å². The van der Waals surface area contributed by atoms with Crippen LogP contribution in [0.1, 0.15) is 16.1 Å². The molecule has 1 aromatic carbocycles. The minimum Gasteiger partial charge on any atom is -0.306 e. The Bertz CT molecular complexity index is 598. The van der Waals surface area contributed by atoms with Gasteiger partial charge in [0.25, 0.3) is 5.91 Å². The van der Waals surface area contributed by atoms with Gasteiger partial charge in [0.15, 0.2) is 0 Å². The molecule has 2 heterocycles. The summed E-state index contributed by atoms with van der Waals surface area (Å²) in [7, 11) is 0. The smallest absolute Gasteiger partial charge is 0.276 e. The number of aromatic nitrogens is 1. The number of pyridine rings is 1. The molecule has 0 saturated carbocycles. The van der Waals surface area contributed by atoms with Crippen molar-refractivity contribution in [2.45, 2.75) is 6.42 Å². The number of amides is 1. The van der Waals surface area contributed by atoms with Crippen LogP contribution in [0.5, 0.6) is 0 Å². The monoisotopic (exact) mass is 242 g/mol. The van der Waals surface area contributed by atoms with E-state index >= 15 is 0 Å². The van der Waals surface area contributed by atoms with Gasteiger partial charge in [0.2, 0.25) is 0 Å². The van der Waals surface area contributed by atoms with E-state index in [1.165, 1.54) is 6.07 Å². The third kappa shape index (κ3) is 1.66. The Morgan fingerprint density at radius 3 is 2.89 bits per heavy atom. The van der Waals surface area contributed by atoms with Gasteiger partial charge in [0.05, 0.1) is 5.69 Å². The summed E-state index contributed by atoms with van der Waals surface area (Å²) in [5.41, 5.74) is 1.65. The average molecular weight is 242 g/mol. The van der Waals surface area contributed by atoms with Crippen molar-refractivity contribution in [2.75, 3.05) is 11.4 Å². The minimum atomic E-state index is -0.246. The van der Waals surface area contributed by atoms with Gasteiger partial charge in [0, 0.05) is 18.3 Å². The zero-order chi connectivity index (χ0) is 12.5. The number of hydrogen-bond acceptors (Lipinski definition) is 2. The number of anilines is 1. The number of benzene rings is 1. The molecule has 0 atom stereocenters. The second-order valence-electron chi connectivity index (χ2n) is 4.16. The molecule has 0 spiro atoms. The fraction of sp³-hybridized carbons (Fsp3) is 0.143. The molecule has 0 fully saturated rings. The van der Waals surface area contributed by atoms with Crippen LogP contribution in [-0.4, -0.2) is 17.4 Å². The largest absolute Gasteiger partial charge is 0.306 e. The third-order valence-electron chi connectivity index (χ3n) is 3.10. The minimum absolute atomic E-state index is 0.181. The van der Waals surface area contributed by atoms with Gasteiger partial charge in [-0.2, -0.15) is 0 Å². The fourth-order valence-corrected chi connectivity index (χ4v) is 2.23. The first kappa shape index (κ1) is 10.9. The van der Waals surface area contributed by atoms with Crippen molar-refractivity contribution in [2.24, 2.45) is 0 Å². The van der Waals surface area contributed by atoms with Crippen LogP contribution in [0.3, 0.4) is 0 Å². The summed E-state index contributed by atoms with van der Waals surface area (Å²) in [6.45, 7) is 0.506. The van der Waals surface area contributed by atoms with Crippen molar-refractivity contribution in [3.05, 3.63) is 59.7 Å². The first-order valence-electron chi connectivity index (χ1n) is 5.77. The van der Waals surface area contributed by atoms with E-state index in [0.717, 1.165) is 0 Å². The van der Waals surface area contributed by atoms with E-state index in [1.807, 2.05) is 0 Å². The number of fused-ring (bicyclic) bond motifs is 1. The van der Waals surface area contributed by atoms with Crippen LogP contribution < -0.4 is 4.90 Å². The maximum absolute atomic E-state index is 13.6. The van der Waals surface area contributed by atoms with Gasteiger partial charge in [-0.15, -0.1) is 0 Å². The maximum atomic E-state index is 13.6. The highest BCUT2D eigenvalue weighted by Crippen LogP contribution is 2.30. The predicted octanol–water partition coefficient (Wildman–Crippen LogP) is 2.42. The molecule has 0 unspecified atom stereocenters. The Balaban J connectivity index is 1.98. The Labute approximate surface area is 104 Å². The van der Waals surface area contributed by atoms with Gasteiger partial charge in [-0.3, -0.25) is 9.78 Å². The molecule has 1 aromatic heterocycles. The van der Waals surface area contributed by atoms with E-state index in [1.54, 1.807) is 41.4 Å². The molecule has 4 heteroatoms. The average Bonchev–Trinajstić information content (AvgIpc) is 2.84. The topological polar surface area (TPSA) is 33.2 Å². The van der Waals surface area contributed by atoms with Crippen molar-refractivity contribution >= 4 is 11.6 Å². The summed E-state index contributed by atoms with van der Waals surface area (Å²) < 4.78 is 13.6. The molecule has 0 saturated heterocycles. The molecule has 18 heavy (non-hydrogen) atoms. The zero-order valence-corrected chi connectivity index (χ0v) is 9.64. The van der Waals surface area contributed by atoms with Crippen LogP contribution >= 0.6 is 0 Å². The zero-order valence-electron chi connectivity index (χ0n) is 9.64. The summed E-state index contributed by atoms with van der Waals surface area (Å²) >= 11 is 0. The predicted molar refractivity (Wildman–Crippen MR) is 66.0 cm³/mol. The molecular weight excluding hydrogens is 231 g/mol. The van der Waals surface area contributed by atoms with Crippen LogP contribution in [-0.2, 0) is 6.42 Å². The molecule has 0 aliphatic carbocycles. The number of nitrogens with zero attached hydrogens (tertiary/aromatic N) is 2. The van der Waals surface area contributed by atoms with Crippen molar-refractivity contribution in [1.29, 1.82) is 0 Å². The Morgan fingerprint density at radius 2 is 2.11 bits per heavy atom. The quantitative estimate of drug-likeness (QED) is 0.769. The summed E-state index contributed by atoms with van der Waals surface area (Å²) in [6, 6.07) is 10.0. The van der Waals surface area contributed by atoms with Crippen molar-refractivity contribution in [1.82, 2.24) is 4.98 Å². The third-order valence-corrected chi connectivity index (χ3v) is 3.10. The Morgan fingerprint density at radius 1 is 1.22 bits per heavy atom. The highest BCUT2D eigenvalue weighted by atomic mass is 19.1. The van der Waals surface area contributed by atoms with E-state index < -0.39 is 0 Å². The lowest BCUT2D eigenvalue weighted by molar-refractivity contribution is 0.0984. The molecule has 1 aliphatic heterocycles. The van der Waals surface area contributed by atoms with Crippen LogP contribution in [0, 0.1) is 5.82 Å². The normalized spacial score (nSPS) is 13.5. The van der Waals surface area contributed by atoms with Gasteiger partial charge in [-0.1, -0.05) is 12.1 Å². The van der Waals surface area contributed by atoms with Crippen molar-refractivity contribution in [3.8, 4) is 0 Å². The highest BCUT2D eigenvalue weighted by Gasteiger charge is 2.27. The second-order valence-corrected chi connectivity index (χ2v) is 4.16. The Kier molecular flexibility index (Phi) is 2.55. The molecule has 0 bridgehead atoms. The van der Waals surface area contributed by atoms with Crippen LogP contribution in [0.2, 0.25) is 0 Å². The van der Waals surface area contributed by atoms with Gasteiger partial charge in [0.1, 0.15) is 11.5 Å². The van der Waals surface area contributed by atoms with Crippen LogP contribution in [0.25, 0.3) is 0 Å². The number of carbonyl (C=O) groups is 1. The van der Waals surface area contributed by atoms with Gasteiger partial charge < -0.3 is 4.90 Å². The number of hydrogen-bond donors (Lipinski definition) is 0. The van der Waals surface area contributed by atoms with Crippen LogP contribution in [0.15, 0.2) is 42.6 Å². The molecule has 2 aromatic rings. The molecule has 0 radical (unpaired) electrons. The summed E-state index contributed by atoms with van der Waals surface area (Å²) in [6.07, 6.45) is 2.14. The first-order chi connectivity index (χ1) is 8.77. The van der Waals surface area contributed by atoms with E-state index in [-0.39, 0.29) is 11.7 Å². The van der Waals surface area contributed by atoms with E-state index in [9.17, 15) is 9.18 Å². The van der Waals surface area contributed by atoms with Crippen molar-refractivity contribution in [3.63, 3.8) is 0 Å². The standard InChI is InChI=1S/C14H11FN2O/c15-11-4-3-6-13-10(11)7-9-17(13)14(18)12-5-1-2-8-16-12/h1-6,8H,7,9H2.